The first kappa shape index (κ1) is 12.8. The van der Waals surface area contributed by atoms with Gasteiger partial charge in [0, 0.05) is 32.0 Å². The summed E-state index contributed by atoms with van der Waals surface area (Å²) in [4.78, 5) is 22.2. The van der Waals surface area contributed by atoms with Crippen molar-refractivity contribution in [1.29, 1.82) is 0 Å². The molecule has 0 saturated carbocycles. The zero-order valence-electron chi connectivity index (χ0n) is 10.6. The molecule has 1 aliphatic heterocycles. The Morgan fingerprint density at radius 1 is 1.39 bits per heavy atom. The molecule has 0 spiro atoms. The highest BCUT2D eigenvalue weighted by Crippen LogP contribution is 2.09. The van der Waals surface area contributed by atoms with E-state index in [9.17, 15) is 4.79 Å². The molecule has 6 nitrogen and oxygen atoms in total. The van der Waals surface area contributed by atoms with Crippen LogP contribution in [0.2, 0.25) is 0 Å². The first-order chi connectivity index (χ1) is 8.81. The number of hydrogen-bond acceptors (Lipinski definition) is 5. The van der Waals surface area contributed by atoms with Gasteiger partial charge in [-0.15, -0.1) is 0 Å². The van der Waals surface area contributed by atoms with Crippen LogP contribution in [0.5, 0.6) is 0 Å². The molecule has 0 unspecified atom stereocenters. The van der Waals surface area contributed by atoms with E-state index in [1.54, 1.807) is 12.4 Å². The minimum absolute atomic E-state index is 0.120. The van der Waals surface area contributed by atoms with E-state index >= 15 is 0 Å². The third-order valence-electron chi connectivity index (χ3n) is 2.73. The molecule has 2 rings (SSSR count). The van der Waals surface area contributed by atoms with Gasteiger partial charge in [-0.1, -0.05) is 6.92 Å². The van der Waals surface area contributed by atoms with Crippen molar-refractivity contribution < 1.29 is 9.53 Å². The van der Waals surface area contributed by atoms with Crippen LogP contribution in [0.25, 0.3) is 0 Å². The summed E-state index contributed by atoms with van der Waals surface area (Å²) in [7, 11) is 0. The summed E-state index contributed by atoms with van der Waals surface area (Å²) in [5.41, 5.74) is 0.500. The number of aromatic nitrogens is 2. The average molecular weight is 250 g/mol. The van der Waals surface area contributed by atoms with Crippen molar-refractivity contribution in [2.45, 2.75) is 13.3 Å². The van der Waals surface area contributed by atoms with E-state index in [1.807, 2.05) is 6.92 Å². The average Bonchev–Trinajstić information content (AvgIpc) is 2.46. The van der Waals surface area contributed by atoms with Gasteiger partial charge in [-0.3, -0.25) is 4.79 Å². The molecule has 1 aromatic rings. The van der Waals surface area contributed by atoms with E-state index in [4.69, 9.17) is 4.74 Å². The first-order valence-corrected chi connectivity index (χ1v) is 6.24. The molecule has 1 aromatic heterocycles. The molecule has 98 valence electrons. The highest BCUT2D eigenvalue weighted by molar-refractivity contribution is 5.93. The highest BCUT2D eigenvalue weighted by Gasteiger charge is 2.14. The summed E-state index contributed by atoms with van der Waals surface area (Å²) in [5, 5.41) is 2.80. The Hall–Kier alpha value is -1.69. The smallest absolute Gasteiger partial charge is 0.254 e. The molecule has 0 radical (unpaired) electrons. The van der Waals surface area contributed by atoms with Crippen molar-refractivity contribution in [2.24, 2.45) is 0 Å². The van der Waals surface area contributed by atoms with Crippen molar-refractivity contribution in [3.63, 3.8) is 0 Å². The number of hydrogen-bond donors (Lipinski definition) is 1. The van der Waals surface area contributed by atoms with Crippen molar-refractivity contribution in [1.82, 2.24) is 15.3 Å². The number of carbonyl (C=O) groups is 1. The molecule has 1 fully saturated rings. The van der Waals surface area contributed by atoms with Crippen molar-refractivity contribution in [3.05, 3.63) is 18.0 Å². The van der Waals surface area contributed by atoms with E-state index in [2.05, 4.69) is 20.2 Å². The molecular formula is C12H18N4O2. The molecule has 0 aliphatic carbocycles. The topological polar surface area (TPSA) is 67.4 Å². The molecule has 18 heavy (non-hydrogen) atoms. The van der Waals surface area contributed by atoms with Crippen LogP contribution in [0, 0.1) is 0 Å². The Bertz CT molecular complexity index is 388. The summed E-state index contributed by atoms with van der Waals surface area (Å²) < 4.78 is 5.27. The maximum Gasteiger partial charge on any atom is 0.254 e. The summed E-state index contributed by atoms with van der Waals surface area (Å²) in [5.74, 6) is 0.538. The molecule has 2 heterocycles. The predicted molar refractivity (Wildman–Crippen MR) is 67.7 cm³/mol. The van der Waals surface area contributed by atoms with Crippen LogP contribution < -0.4 is 10.2 Å². The Balaban J connectivity index is 1.98. The summed E-state index contributed by atoms with van der Waals surface area (Å²) in [6.45, 7) is 5.66. The molecule has 0 aromatic carbocycles. The quantitative estimate of drug-likeness (QED) is 0.840. The van der Waals surface area contributed by atoms with Gasteiger partial charge in [0.1, 0.15) is 0 Å². The lowest BCUT2D eigenvalue weighted by Gasteiger charge is -2.26. The fourth-order valence-electron chi connectivity index (χ4n) is 1.71. The molecule has 0 atom stereocenters. The van der Waals surface area contributed by atoms with Crippen LogP contribution in [0.1, 0.15) is 23.7 Å². The third kappa shape index (κ3) is 3.16. The van der Waals surface area contributed by atoms with Gasteiger partial charge in [-0.05, 0) is 6.42 Å². The van der Waals surface area contributed by atoms with Crippen LogP contribution in [-0.2, 0) is 4.74 Å². The maximum absolute atomic E-state index is 11.7. The Labute approximate surface area is 106 Å². The van der Waals surface area contributed by atoms with Crippen LogP contribution in [0.3, 0.4) is 0 Å². The van der Waals surface area contributed by atoms with Crippen molar-refractivity contribution in [3.8, 4) is 0 Å². The SMILES string of the molecule is CCCNC(=O)c1cnc(N2CCOCC2)nc1. The number of anilines is 1. The lowest BCUT2D eigenvalue weighted by Crippen LogP contribution is -2.37. The van der Waals surface area contributed by atoms with E-state index in [1.165, 1.54) is 0 Å². The second kappa shape index (κ2) is 6.30. The van der Waals surface area contributed by atoms with Gasteiger partial charge in [0.05, 0.1) is 18.8 Å². The molecule has 1 amide bonds. The fourth-order valence-corrected chi connectivity index (χ4v) is 1.71. The van der Waals surface area contributed by atoms with Gasteiger partial charge in [0.25, 0.3) is 5.91 Å². The second-order valence-corrected chi connectivity index (χ2v) is 4.13. The van der Waals surface area contributed by atoms with Gasteiger partial charge in [0.15, 0.2) is 0 Å². The zero-order valence-corrected chi connectivity index (χ0v) is 10.6. The van der Waals surface area contributed by atoms with Gasteiger partial charge >= 0.3 is 0 Å². The zero-order chi connectivity index (χ0) is 12.8. The maximum atomic E-state index is 11.7. The minimum atomic E-state index is -0.120. The molecule has 1 aliphatic rings. The van der Waals surface area contributed by atoms with Gasteiger partial charge < -0.3 is 15.0 Å². The van der Waals surface area contributed by atoms with Crippen LogP contribution in [0.4, 0.5) is 5.95 Å². The minimum Gasteiger partial charge on any atom is -0.378 e. The Kier molecular flexibility index (Phi) is 4.46. The molecule has 1 N–H and O–H groups in total. The van der Waals surface area contributed by atoms with Crippen molar-refractivity contribution in [2.75, 3.05) is 37.7 Å². The number of nitrogens with zero attached hydrogens (tertiary/aromatic N) is 3. The van der Waals surface area contributed by atoms with Gasteiger partial charge in [-0.2, -0.15) is 0 Å². The fraction of sp³-hybridized carbons (Fsp3) is 0.583. The monoisotopic (exact) mass is 250 g/mol. The molecule has 0 bridgehead atoms. The van der Waals surface area contributed by atoms with Crippen molar-refractivity contribution >= 4 is 11.9 Å². The lowest BCUT2D eigenvalue weighted by atomic mass is 10.3. The van der Waals surface area contributed by atoms with Crippen LogP contribution in [-0.4, -0.2) is 48.7 Å². The Morgan fingerprint density at radius 3 is 2.67 bits per heavy atom. The molecule has 1 saturated heterocycles. The number of carbonyl (C=O) groups excluding carboxylic acids is 1. The number of rotatable bonds is 4. The van der Waals surface area contributed by atoms with E-state index in [-0.39, 0.29) is 5.91 Å². The van der Waals surface area contributed by atoms with E-state index < -0.39 is 0 Å². The number of morpholine rings is 1. The van der Waals surface area contributed by atoms with Gasteiger partial charge in [0.2, 0.25) is 5.95 Å². The third-order valence-corrected chi connectivity index (χ3v) is 2.73. The summed E-state index contributed by atoms with van der Waals surface area (Å²) in [6, 6.07) is 0. The normalized spacial score (nSPS) is 15.5. The standard InChI is InChI=1S/C12H18N4O2/c1-2-3-13-11(17)10-8-14-12(15-9-10)16-4-6-18-7-5-16/h8-9H,2-7H2,1H3,(H,13,17). The molecular weight excluding hydrogens is 232 g/mol. The molecule has 6 heteroatoms. The summed E-state index contributed by atoms with van der Waals surface area (Å²) >= 11 is 0. The number of ether oxygens (including phenoxy) is 1. The second-order valence-electron chi connectivity index (χ2n) is 4.13. The number of nitrogens with one attached hydrogen (secondary N) is 1. The highest BCUT2D eigenvalue weighted by atomic mass is 16.5. The summed E-state index contributed by atoms with van der Waals surface area (Å²) in [6.07, 6.45) is 4.06. The van der Waals surface area contributed by atoms with E-state index in [0.717, 1.165) is 19.5 Å². The first-order valence-electron chi connectivity index (χ1n) is 6.24. The Morgan fingerprint density at radius 2 is 2.06 bits per heavy atom. The number of amides is 1. The van der Waals surface area contributed by atoms with Crippen LogP contribution >= 0.6 is 0 Å². The van der Waals surface area contributed by atoms with E-state index in [0.29, 0.717) is 31.3 Å². The predicted octanol–water partition coefficient (Wildman–Crippen LogP) is 0.453. The van der Waals surface area contributed by atoms with Crippen LogP contribution in [0.15, 0.2) is 12.4 Å². The van der Waals surface area contributed by atoms with Gasteiger partial charge in [-0.25, -0.2) is 9.97 Å². The largest absolute Gasteiger partial charge is 0.378 e. The lowest BCUT2D eigenvalue weighted by molar-refractivity contribution is 0.0952.